The number of primary amides is 1. The molecule has 15 heteroatoms. The van der Waals surface area contributed by atoms with Gasteiger partial charge in [-0.1, -0.05) is 20.3 Å². The highest BCUT2D eigenvalue weighted by Crippen LogP contribution is 2.17. The predicted molar refractivity (Wildman–Crippen MR) is 158 cm³/mol. The molecule has 0 bridgehead atoms. The molecular formula is C29H45N7O8. The van der Waals surface area contributed by atoms with Crippen LogP contribution in [-0.4, -0.2) is 97.2 Å². The highest BCUT2D eigenvalue weighted by molar-refractivity contribution is 6.12. The number of amides is 7. The molecule has 1 aliphatic heterocycles. The molecule has 244 valence electrons. The Labute approximate surface area is 257 Å². The van der Waals surface area contributed by atoms with E-state index < -0.39 is 30.0 Å². The van der Waals surface area contributed by atoms with E-state index in [1.54, 1.807) is 13.8 Å². The highest BCUT2D eigenvalue weighted by atomic mass is 16.6. The molecule has 0 aromatic rings. The number of nitrogens with two attached hydrogens (primary N) is 1. The number of carbonyl (C=O) groups excluding carboxylic acids is 7. The van der Waals surface area contributed by atoms with Crippen molar-refractivity contribution in [2.24, 2.45) is 17.6 Å². The first-order valence-electron chi connectivity index (χ1n) is 14.8. The van der Waals surface area contributed by atoms with E-state index in [2.05, 4.69) is 16.0 Å². The summed E-state index contributed by atoms with van der Waals surface area (Å²) in [7, 11) is 1.49. The third-order valence-electron chi connectivity index (χ3n) is 6.86. The molecule has 1 heterocycles. The van der Waals surface area contributed by atoms with Crippen LogP contribution in [0.1, 0.15) is 65.2 Å². The summed E-state index contributed by atoms with van der Waals surface area (Å²) in [4.78, 5) is 87.6. The Morgan fingerprint density at radius 1 is 1.02 bits per heavy atom. The standard InChI is InChI=1S/C29H45N7O8/c1-20(2)26(34-23(38)10-5-4-6-16-36-24(39)11-12-25(36)40)22(37)19-21(9-7-14-33-28(31)42)27(41)32-15-17-35(3)29(43)44-18-8-13-30/h11-12,20-21,26H,4-10,14-19H2,1-3H3,(H,32,41)(H,34,38)(H3,31,33,42)/t21-,26+/m1/s1. The number of nitrogens with one attached hydrogen (secondary N) is 3. The Hall–Kier alpha value is -4.48. The normalized spacial score (nSPS) is 13.7. The SMILES string of the molecule is CC(C)[C@H](NC(=O)CCCCCN1C(=O)C=CC1=O)C(=O)C[C@@H](CCCNC(N)=O)C(=O)NCCN(C)C(=O)OCCC#N. The van der Waals surface area contributed by atoms with Crippen LogP contribution in [0.15, 0.2) is 12.2 Å². The minimum atomic E-state index is -0.818. The maximum Gasteiger partial charge on any atom is 0.409 e. The molecule has 5 N–H and O–H groups in total. The van der Waals surface area contributed by atoms with Gasteiger partial charge in [0.1, 0.15) is 6.61 Å². The number of carbonyl (C=O) groups is 7. The van der Waals surface area contributed by atoms with Crippen molar-refractivity contribution in [3.63, 3.8) is 0 Å². The number of hydrogen-bond acceptors (Lipinski definition) is 9. The number of ketones is 1. The maximum absolute atomic E-state index is 13.3. The summed E-state index contributed by atoms with van der Waals surface area (Å²) in [5.41, 5.74) is 5.10. The van der Waals surface area contributed by atoms with E-state index in [0.29, 0.717) is 25.7 Å². The van der Waals surface area contributed by atoms with Gasteiger partial charge in [-0.15, -0.1) is 0 Å². The fourth-order valence-electron chi connectivity index (χ4n) is 4.38. The Kier molecular flexibility index (Phi) is 17.4. The van der Waals surface area contributed by atoms with E-state index >= 15 is 0 Å². The molecule has 0 radical (unpaired) electrons. The first-order chi connectivity index (χ1) is 20.9. The molecule has 0 fully saturated rings. The fraction of sp³-hybridized carbons (Fsp3) is 0.655. The van der Waals surface area contributed by atoms with Crippen molar-refractivity contribution in [1.82, 2.24) is 25.8 Å². The Morgan fingerprint density at radius 2 is 1.70 bits per heavy atom. The van der Waals surface area contributed by atoms with Crippen LogP contribution < -0.4 is 21.7 Å². The molecule has 0 saturated carbocycles. The van der Waals surface area contributed by atoms with Gasteiger partial charge in [0.2, 0.25) is 11.8 Å². The van der Waals surface area contributed by atoms with Gasteiger partial charge in [-0.3, -0.25) is 28.9 Å². The van der Waals surface area contributed by atoms with E-state index in [4.69, 9.17) is 15.7 Å². The Morgan fingerprint density at radius 3 is 2.32 bits per heavy atom. The molecule has 0 aromatic carbocycles. The second-order valence-electron chi connectivity index (χ2n) is 10.8. The van der Waals surface area contributed by atoms with Crippen molar-refractivity contribution in [3.05, 3.63) is 12.2 Å². The number of unbranched alkanes of at least 4 members (excludes halogenated alkanes) is 2. The molecule has 7 amide bonds. The zero-order valence-electron chi connectivity index (χ0n) is 25.8. The average Bonchev–Trinajstić information content (AvgIpc) is 3.28. The second kappa shape index (κ2) is 20.4. The van der Waals surface area contributed by atoms with Gasteiger partial charge >= 0.3 is 12.1 Å². The van der Waals surface area contributed by atoms with Gasteiger partial charge in [-0.05, 0) is 31.6 Å². The van der Waals surface area contributed by atoms with Crippen LogP contribution in [0.5, 0.6) is 0 Å². The minimum Gasteiger partial charge on any atom is -0.448 e. The van der Waals surface area contributed by atoms with Crippen molar-refractivity contribution in [3.8, 4) is 6.07 Å². The maximum atomic E-state index is 13.3. The van der Waals surface area contributed by atoms with Crippen LogP contribution >= 0.6 is 0 Å². The van der Waals surface area contributed by atoms with Gasteiger partial charge in [0, 0.05) is 64.1 Å². The molecule has 2 atom stereocenters. The Balaban J connectivity index is 2.64. The van der Waals surface area contributed by atoms with Crippen LogP contribution in [-0.2, 0) is 28.7 Å². The van der Waals surface area contributed by atoms with Gasteiger partial charge in [0.25, 0.3) is 11.8 Å². The Bertz CT molecular complexity index is 1080. The lowest BCUT2D eigenvalue weighted by Gasteiger charge is -2.24. The van der Waals surface area contributed by atoms with Crippen LogP contribution in [0.4, 0.5) is 9.59 Å². The number of likely N-dealkylation sites (N-methyl/N-ethyl adjacent to an activating group) is 1. The van der Waals surface area contributed by atoms with E-state index in [-0.39, 0.29) is 87.9 Å². The number of urea groups is 1. The minimum absolute atomic E-state index is 0.0376. The van der Waals surface area contributed by atoms with Crippen molar-refractivity contribution < 1.29 is 38.3 Å². The van der Waals surface area contributed by atoms with Crippen LogP contribution in [0.25, 0.3) is 0 Å². The largest absolute Gasteiger partial charge is 0.448 e. The van der Waals surface area contributed by atoms with Gasteiger partial charge in [0.15, 0.2) is 5.78 Å². The molecule has 1 rings (SSSR count). The molecule has 0 spiro atoms. The third-order valence-corrected chi connectivity index (χ3v) is 6.86. The van der Waals surface area contributed by atoms with Crippen LogP contribution in [0, 0.1) is 23.2 Å². The molecule has 15 nitrogen and oxygen atoms in total. The summed E-state index contributed by atoms with van der Waals surface area (Å²) < 4.78 is 4.93. The molecular weight excluding hydrogens is 574 g/mol. The quantitative estimate of drug-likeness (QED) is 0.105. The summed E-state index contributed by atoms with van der Waals surface area (Å²) in [5, 5.41) is 16.5. The number of imide groups is 1. The number of Topliss-reactive ketones (excluding diaryl/α,β-unsaturated/α-hetero) is 1. The first-order valence-corrected chi connectivity index (χ1v) is 14.8. The third kappa shape index (κ3) is 14.6. The van der Waals surface area contributed by atoms with Crippen LogP contribution in [0.2, 0.25) is 0 Å². The number of nitriles is 1. The van der Waals surface area contributed by atoms with Gasteiger partial charge < -0.3 is 31.3 Å². The van der Waals surface area contributed by atoms with Crippen LogP contribution in [0.3, 0.4) is 0 Å². The first kappa shape index (κ1) is 37.5. The number of ether oxygens (including phenoxy) is 1. The lowest BCUT2D eigenvalue weighted by molar-refractivity contribution is -0.137. The zero-order valence-corrected chi connectivity index (χ0v) is 25.8. The monoisotopic (exact) mass is 619 g/mol. The summed E-state index contributed by atoms with van der Waals surface area (Å²) in [5.74, 6) is -2.73. The van der Waals surface area contributed by atoms with E-state index in [9.17, 15) is 33.6 Å². The molecule has 1 aliphatic rings. The van der Waals surface area contributed by atoms with Crippen molar-refractivity contribution in [2.75, 3.05) is 39.8 Å². The predicted octanol–water partition coefficient (Wildman–Crippen LogP) is 0.735. The smallest absolute Gasteiger partial charge is 0.409 e. The molecule has 0 aromatic heterocycles. The lowest BCUT2D eigenvalue weighted by atomic mass is 9.89. The van der Waals surface area contributed by atoms with E-state index in [0.717, 1.165) is 4.90 Å². The number of hydrogen-bond donors (Lipinski definition) is 4. The summed E-state index contributed by atoms with van der Waals surface area (Å²) in [6.45, 7) is 4.26. The molecule has 0 unspecified atom stereocenters. The number of rotatable bonds is 21. The summed E-state index contributed by atoms with van der Waals surface area (Å²) >= 11 is 0. The van der Waals surface area contributed by atoms with Crippen molar-refractivity contribution in [1.29, 1.82) is 5.26 Å². The van der Waals surface area contributed by atoms with Crippen molar-refractivity contribution in [2.45, 2.75) is 71.3 Å². The molecule has 44 heavy (non-hydrogen) atoms. The van der Waals surface area contributed by atoms with Crippen molar-refractivity contribution >= 4 is 41.5 Å². The topological polar surface area (TPSA) is 221 Å². The molecule has 0 saturated heterocycles. The second-order valence-corrected chi connectivity index (χ2v) is 10.8. The summed E-state index contributed by atoms with van der Waals surface area (Å²) in [6.07, 6.45) is 4.20. The fourth-order valence-corrected chi connectivity index (χ4v) is 4.38. The van der Waals surface area contributed by atoms with Gasteiger partial charge in [-0.2, -0.15) is 5.26 Å². The van der Waals surface area contributed by atoms with Gasteiger partial charge in [0.05, 0.1) is 18.5 Å². The van der Waals surface area contributed by atoms with E-state index in [1.807, 2.05) is 6.07 Å². The van der Waals surface area contributed by atoms with E-state index in [1.165, 1.54) is 24.1 Å². The zero-order chi connectivity index (χ0) is 33.1. The molecule has 0 aliphatic carbocycles. The summed E-state index contributed by atoms with van der Waals surface area (Å²) in [6, 6.07) is 0.347. The number of nitrogens with zero attached hydrogens (tertiary/aromatic N) is 3. The average molecular weight is 620 g/mol. The van der Waals surface area contributed by atoms with Gasteiger partial charge in [-0.25, -0.2) is 9.59 Å². The highest BCUT2D eigenvalue weighted by Gasteiger charge is 2.29. The lowest BCUT2D eigenvalue weighted by Crippen LogP contribution is -2.46.